The molecule has 6 heteroatoms. The van der Waals surface area contributed by atoms with E-state index in [1.807, 2.05) is 18.2 Å². The van der Waals surface area contributed by atoms with Crippen molar-refractivity contribution in [3.8, 4) is 17.2 Å². The van der Waals surface area contributed by atoms with Crippen molar-refractivity contribution in [3.05, 3.63) is 64.7 Å². The van der Waals surface area contributed by atoms with Crippen LogP contribution in [0.5, 0.6) is 17.2 Å². The monoisotopic (exact) mass is 363 g/mol. The lowest BCUT2D eigenvalue weighted by Gasteiger charge is -2.27. The van der Waals surface area contributed by atoms with Crippen molar-refractivity contribution < 1.29 is 14.3 Å². The highest BCUT2D eigenvalue weighted by atomic mass is 35.5. The summed E-state index contributed by atoms with van der Waals surface area (Å²) in [6, 6.07) is 10.6. The molecule has 0 aromatic heterocycles. The lowest BCUT2D eigenvalue weighted by Crippen LogP contribution is -2.42. The molecule has 3 rings (SSSR count). The topological polar surface area (TPSA) is 47.6 Å². The van der Waals surface area contributed by atoms with Crippen LogP contribution in [0.15, 0.2) is 49.1 Å². The molecule has 1 unspecified atom stereocenters. The van der Waals surface area contributed by atoms with Gasteiger partial charge in [-0.25, -0.2) is 0 Å². The predicted molar refractivity (Wildman–Crippen MR) is 94.3 cm³/mol. The Morgan fingerprint density at radius 2 is 2.12 bits per heavy atom. The van der Waals surface area contributed by atoms with Gasteiger partial charge in [0, 0.05) is 11.6 Å². The van der Waals surface area contributed by atoms with Crippen LogP contribution in [0, 0.1) is 0 Å². The van der Waals surface area contributed by atoms with Gasteiger partial charge in [-0.3, -0.25) is 4.79 Å². The zero-order chi connectivity index (χ0) is 17.1. The van der Waals surface area contributed by atoms with E-state index in [9.17, 15) is 4.79 Å². The Labute approximate surface area is 150 Å². The van der Waals surface area contributed by atoms with Crippen LogP contribution in [0.2, 0.25) is 10.0 Å². The van der Waals surface area contributed by atoms with Gasteiger partial charge in [0.05, 0.1) is 16.1 Å². The van der Waals surface area contributed by atoms with Crippen molar-refractivity contribution in [2.24, 2.45) is 0 Å². The van der Waals surface area contributed by atoms with E-state index in [4.69, 9.17) is 32.7 Å². The van der Waals surface area contributed by atoms with Crippen LogP contribution in [0.1, 0.15) is 5.56 Å². The number of hydrogen-bond donors (Lipinski definition) is 1. The second-order valence-electron chi connectivity index (χ2n) is 5.35. The molecule has 1 amide bonds. The minimum Gasteiger partial charge on any atom is -0.487 e. The average Bonchev–Trinajstić information content (AvgIpc) is 2.58. The molecule has 2 aromatic carbocycles. The number of para-hydroxylation sites is 1. The van der Waals surface area contributed by atoms with Crippen molar-refractivity contribution in [1.29, 1.82) is 0 Å². The molecular weight excluding hydrogens is 349 g/mol. The summed E-state index contributed by atoms with van der Waals surface area (Å²) < 4.78 is 11.7. The molecule has 0 bridgehead atoms. The molecule has 1 N–H and O–H groups in total. The van der Waals surface area contributed by atoms with Crippen molar-refractivity contribution in [2.75, 3.05) is 6.61 Å². The number of amides is 1. The summed E-state index contributed by atoms with van der Waals surface area (Å²) in [5.74, 6) is 1.63. The van der Waals surface area contributed by atoms with Gasteiger partial charge in [-0.15, -0.1) is 0 Å². The molecule has 0 radical (unpaired) electrons. The first kappa shape index (κ1) is 16.7. The number of carbonyl (C=O) groups is 1. The van der Waals surface area contributed by atoms with Gasteiger partial charge >= 0.3 is 0 Å². The molecule has 124 valence electrons. The predicted octanol–water partition coefficient (Wildman–Crippen LogP) is 4.39. The number of nitrogens with one attached hydrogen (secondary N) is 1. The summed E-state index contributed by atoms with van der Waals surface area (Å²) in [7, 11) is 0. The van der Waals surface area contributed by atoms with Gasteiger partial charge in [0.15, 0.2) is 11.5 Å². The van der Waals surface area contributed by atoms with Crippen molar-refractivity contribution in [1.82, 2.24) is 5.32 Å². The largest absolute Gasteiger partial charge is 0.487 e. The summed E-state index contributed by atoms with van der Waals surface area (Å²) in [6.07, 6.45) is 1.91. The number of rotatable bonds is 4. The maximum atomic E-state index is 11.4. The Morgan fingerprint density at radius 1 is 1.29 bits per heavy atom. The minimum absolute atomic E-state index is 0.0942. The normalized spacial score (nSPS) is 15.8. The van der Waals surface area contributed by atoms with Crippen LogP contribution in [-0.2, 0) is 11.2 Å². The Morgan fingerprint density at radius 3 is 2.88 bits per heavy atom. The minimum atomic E-state index is -0.213. The van der Waals surface area contributed by atoms with Crippen molar-refractivity contribution in [2.45, 2.75) is 12.5 Å². The van der Waals surface area contributed by atoms with Crippen LogP contribution < -0.4 is 14.8 Å². The maximum Gasteiger partial charge on any atom is 0.243 e. The van der Waals surface area contributed by atoms with Crippen LogP contribution in [0.25, 0.3) is 0 Å². The first-order chi connectivity index (χ1) is 11.6. The smallest absolute Gasteiger partial charge is 0.243 e. The fourth-order valence-corrected chi connectivity index (χ4v) is 2.78. The molecular formula is C18H15Cl2NO3. The quantitative estimate of drug-likeness (QED) is 0.819. The van der Waals surface area contributed by atoms with Crippen LogP contribution in [-0.4, -0.2) is 18.6 Å². The highest BCUT2D eigenvalue weighted by Crippen LogP contribution is 2.38. The Kier molecular flexibility index (Phi) is 4.97. The van der Waals surface area contributed by atoms with E-state index in [0.717, 1.165) is 5.56 Å². The third-order valence-electron chi connectivity index (χ3n) is 3.61. The van der Waals surface area contributed by atoms with Crippen molar-refractivity contribution >= 4 is 29.1 Å². The second kappa shape index (κ2) is 7.16. The maximum absolute atomic E-state index is 11.4. The average molecular weight is 364 g/mol. The molecule has 0 fully saturated rings. The van der Waals surface area contributed by atoms with E-state index < -0.39 is 0 Å². The molecule has 24 heavy (non-hydrogen) atoms. The van der Waals surface area contributed by atoms with Crippen molar-refractivity contribution in [3.63, 3.8) is 0 Å². The summed E-state index contributed by atoms with van der Waals surface area (Å²) in [5.41, 5.74) is 0.966. The molecule has 1 atom stereocenters. The molecule has 0 aliphatic carbocycles. The van der Waals surface area contributed by atoms with Gasteiger partial charge in [-0.1, -0.05) is 41.9 Å². The molecule has 1 aliphatic rings. The second-order valence-corrected chi connectivity index (χ2v) is 6.16. The van der Waals surface area contributed by atoms with Gasteiger partial charge < -0.3 is 14.8 Å². The Bertz CT molecular complexity index is 792. The molecule has 0 spiro atoms. The zero-order valence-electron chi connectivity index (χ0n) is 12.7. The van der Waals surface area contributed by atoms with Crippen LogP contribution >= 0.6 is 23.2 Å². The van der Waals surface area contributed by atoms with Gasteiger partial charge in [0.25, 0.3) is 0 Å². The lowest BCUT2D eigenvalue weighted by molar-refractivity contribution is -0.117. The molecule has 0 saturated carbocycles. The van der Waals surface area contributed by atoms with E-state index in [2.05, 4.69) is 11.9 Å². The first-order valence-corrected chi connectivity index (χ1v) is 8.13. The Hall–Kier alpha value is -2.17. The van der Waals surface area contributed by atoms with E-state index in [-0.39, 0.29) is 11.9 Å². The first-order valence-electron chi connectivity index (χ1n) is 7.37. The standard InChI is InChI=1S/C18H15Cl2NO3/c1-2-17(22)21-12-8-11-4-3-5-16(18(11)23-10-12)24-13-6-7-14(19)15(20)9-13/h2-7,9,12H,1,8,10H2,(H,21,22). The number of benzene rings is 2. The SMILES string of the molecule is C=CC(=O)NC1COc2c(cccc2Oc2ccc(Cl)c(Cl)c2)C1. The summed E-state index contributed by atoms with van der Waals surface area (Å²) in [5, 5.41) is 3.73. The highest BCUT2D eigenvalue weighted by Gasteiger charge is 2.23. The van der Waals surface area contributed by atoms with Gasteiger partial charge in [-0.2, -0.15) is 0 Å². The van der Waals surface area contributed by atoms with E-state index >= 15 is 0 Å². The van der Waals surface area contributed by atoms with Crippen LogP contribution in [0.3, 0.4) is 0 Å². The molecule has 1 heterocycles. The molecule has 1 aliphatic heterocycles. The van der Waals surface area contributed by atoms with Gasteiger partial charge in [0.1, 0.15) is 12.4 Å². The third-order valence-corrected chi connectivity index (χ3v) is 4.35. The number of carbonyl (C=O) groups excluding carboxylic acids is 1. The fourth-order valence-electron chi connectivity index (χ4n) is 2.49. The zero-order valence-corrected chi connectivity index (χ0v) is 14.2. The summed E-state index contributed by atoms with van der Waals surface area (Å²) in [6.45, 7) is 3.82. The fraction of sp³-hybridized carbons (Fsp3) is 0.167. The lowest BCUT2D eigenvalue weighted by atomic mass is 10.0. The van der Waals surface area contributed by atoms with Gasteiger partial charge in [-0.05, 0) is 30.7 Å². The summed E-state index contributed by atoms with van der Waals surface area (Å²) in [4.78, 5) is 11.4. The number of ether oxygens (including phenoxy) is 2. The number of halogens is 2. The van der Waals surface area contributed by atoms with Crippen LogP contribution in [0.4, 0.5) is 0 Å². The Balaban J connectivity index is 1.80. The number of hydrogen-bond acceptors (Lipinski definition) is 3. The third kappa shape index (κ3) is 3.66. The van der Waals surface area contributed by atoms with Gasteiger partial charge in [0.2, 0.25) is 5.91 Å². The van der Waals surface area contributed by atoms with E-state index in [0.29, 0.717) is 40.3 Å². The molecule has 2 aromatic rings. The molecule has 0 saturated heterocycles. The van der Waals surface area contributed by atoms with E-state index in [1.165, 1.54) is 6.08 Å². The summed E-state index contributed by atoms with van der Waals surface area (Å²) >= 11 is 11.9. The molecule has 4 nitrogen and oxygen atoms in total. The number of fused-ring (bicyclic) bond motifs is 1. The van der Waals surface area contributed by atoms with E-state index in [1.54, 1.807) is 18.2 Å². The highest BCUT2D eigenvalue weighted by molar-refractivity contribution is 6.42.